The first-order chi connectivity index (χ1) is 8.06. The molecule has 0 saturated heterocycles. The molecule has 5 heteroatoms. The third-order valence-corrected chi connectivity index (χ3v) is 3.39. The third-order valence-electron chi connectivity index (χ3n) is 2.25. The van der Waals surface area contributed by atoms with Gasteiger partial charge >= 0.3 is 0 Å². The number of nitrogen functional groups attached to an aromatic ring is 4. The van der Waals surface area contributed by atoms with Crippen molar-refractivity contribution in [2.24, 2.45) is 0 Å². The standard InChI is InChI=1S/C12H14N4S/c13-7-4-8(14)6-9(5-7)17-12-10(15)2-1-3-11(12)16/h1-6H,13-16H2. The van der Waals surface area contributed by atoms with Gasteiger partial charge in [0.1, 0.15) is 0 Å². The van der Waals surface area contributed by atoms with E-state index in [0.717, 1.165) is 9.79 Å². The van der Waals surface area contributed by atoms with Gasteiger partial charge in [-0.25, -0.2) is 0 Å². The number of benzene rings is 2. The maximum Gasteiger partial charge on any atom is 0.0581 e. The molecule has 17 heavy (non-hydrogen) atoms. The van der Waals surface area contributed by atoms with Gasteiger partial charge in [-0.15, -0.1) is 0 Å². The molecule has 0 amide bonds. The molecule has 0 aliphatic heterocycles. The first-order valence-corrected chi connectivity index (χ1v) is 5.86. The third kappa shape index (κ3) is 2.57. The largest absolute Gasteiger partial charge is 0.399 e. The van der Waals surface area contributed by atoms with E-state index in [9.17, 15) is 0 Å². The Hall–Kier alpha value is -2.01. The van der Waals surface area contributed by atoms with Crippen LogP contribution in [0.1, 0.15) is 0 Å². The molecule has 0 spiro atoms. The molecule has 0 saturated carbocycles. The molecular formula is C12H14N4S. The molecule has 0 heterocycles. The van der Waals surface area contributed by atoms with E-state index >= 15 is 0 Å². The van der Waals surface area contributed by atoms with Crippen molar-refractivity contribution in [2.45, 2.75) is 9.79 Å². The van der Waals surface area contributed by atoms with Gasteiger partial charge in [0.05, 0.1) is 4.90 Å². The van der Waals surface area contributed by atoms with E-state index in [0.29, 0.717) is 22.7 Å². The van der Waals surface area contributed by atoms with E-state index in [-0.39, 0.29) is 0 Å². The van der Waals surface area contributed by atoms with Gasteiger partial charge in [0.2, 0.25) is 0 Å². The minimum absolute atomic E-state index is 0.626. The zero-order chi connectivity index (χ0) is 12.4. The van der Waals surface area contributed by atoms with E-state index < -0.39 is 0 Å². The lowest BCUT2D eigenvalue weighted by Gasteiger charge is -2.09. The molecule has 0 unspecified atom stereocenters. The molecule has 0 aliphatic carbocycles. The molecule has 0 radical (unpaired) electrons. The summed E-state index contributed by atoms with van der Waals surface area (Å²) in [5.41, 5.74) is 25.8. The van der Waals surface area contributed by atoms with Crippen LogP contribution >= 0.6 is 11.8 Å². The number of hydrogen-bond donors (Lipinski definition) is 4. The number of hydrogen-bond acceptors (Lipinski definition) is 5. The Labute approximate surface area is 104 Å². The summed E-state index contributed by atoms with van der Waals surface area (Å²) in [4.78, 5) is 1.75. The molecule has 0 aliphatic rings. The number of rotatable bonds is 2. The molecule has 0 bridgehead atoms. The van der Waals surface area contributed by atoms with Crippen molar-refractivity contribution in [3.8, 4) is 0 Å². The summed E-state index contributed by atoms with van der Waals surface area (Å²) in [5, 5.41) is 0. The van der Waals surface area contributed by atoms with E-state index in [2.05, 4.69) is 0 Å². The zero-order valence-corrected chi connectivity index (χ0v) is 10.00. The highest BCUT2D eigenvalue weighted by atomic mass is 32.2. The summed E-state index contributed by atoms with van der Waals surface area (Å²) < 4.78 is 0. The van der Waals surface area contributed by atoms with Crippen LogP contribution in [0.25, 0.3) is 0 Å². The molecule has 8 N–H and O–H groups in total. The van der Waals surface area contributed by atoms with Gasteiger partial charge in [-0.1, -0.05) is 17.8 Å². The van der Waals surface area contributed by atoms with Gasteiger partial charge in [-0.05, 0) is 30.3 Å². The van der Waals surface area contributed by atoms with Gasteiger partial charge in [0, 0.05) is 27.6 Å². The molecular weight excluding hydrogens is 232 g/mol. The molecule has 2 aromatic carbocycles. The Bertz CT molecular complexity index is 514. The number of anilines is 4. The molecule has 4 nitrogen and oxygen atoms in total. The van der Waals surface area contributed by atoms with Gasteiger partial charge in [0.15, 0.2) is 0 Å². The van der Waals surface area contributed by atoms with Crippen molar-refractivity contribution in [3.05, 3.63) is 36.4 Å². The summed E-state index contributed by atoms with van der Waals surface area (Å²) in [6.07, 6.45) is 0. The van der Waals surface area contributed by atoms with Gasteiger partial charge in [-0.3, -0.25) is 0 Å². The van der Waals surface area contributed by atoms with Crippen LogP contribution in [-0.2, 0) is 0 Å². The Morgan fingerprint density at radius 1 is 0.765 bits per heavy atom. The Morgan fingerprint density at radius 3 is 1.82 bits per heavy atom. The predicted octanol–water partition coefficient (Wildman–Crippen LogP) is 2.17. The zero-order valence-electron chi connectivity index (χ0n) is 9.18. The van der Waals surface area contributed by atoms with Crippen LogP contribution in [0.5, 0.6) is 0 Å². The summed E-state index contributed by atoms with van der Waals surface area (Å²) in [7, 11) is 0. The van der Waals surface area contributed by atoms with Crippen LogP contribution in [-0.4, -0.2) is 0 Å². The topological polar surface area (TPSA) is 104 Å². The number of nitrogens with two attached hydrogens (primary N) is 4. The van der Waals surface area contributed by atoms with Gasteiger partial charge in [-0.2, -0.15) is 0 Å². The van der Waals surface area contributed by atoms with Crippen LogP contribution in [0.2, 0.25) is 0 Å². The molecule has 0 atom stereocenters. The Kier molecular flexibility index (Phi) is 3.01. The molecule has 88 valence electrons. The lowest BCUT2D eigenvalue weighted by molar-refractivity contribution is 1.41. The van der Waals surface area contributed by atoms with Gasteiger partial charge < -0.3 is 22.9 Å². The highest BCUT2D eigenvalue weighted by molar-refractivity contribution is 7.99. The highest BCUT2D eigenvalue weighted by Crippen LogP contribution is 2.37. The summed E-state index contributed by atoms with van der Waals surface area (Å²) in [5.74, 6) is 0. The first-order valence-electron chi connectivity index (χ1n) is 5.04. The summed E-state index contributed by atoms with van der Waals surface area (Å²) in [6, 6.07) is 10.8. The van der Waals surface area contributed by atoms with Gasteiger partial charge in [0.25, 0.3) is 0 Å². The minimum atomic E-state index is 0.626. The van der Waals surface area contributed by atoms with E-state index in [1.54, 1.807) is 6.07 Å². The Morgan fingerprint density at radius 2 is 1.29 bits per heavy atom. The molecule has 0 fully saturated rings. The lowest BCUT2D eigenvalue weighted by atomic mass is 10.3. The normalized spacial score (nSPS) is 10.4. The Balaban J connectivity index is 2.38. The maximum absolute atomic E-state index is 5.88. The fraction of sp³-hybridized carbons (Fsp3) is 0. The van der Waals surface area contributed by atoms with Crippen molar-refractivity contribution >= 4 is 34.5 Å². The van der Waals surface area contributed by atoms with Crippen LogP contribution in [0, 0.1) is 0 Å². The highest BCUT2D eigenvalue weighted by Gasteiger charge is 2.06. The van der Waals surface area contributed by atoms with Crippen molar-refractivity contribution in [3.63, 3.8) is 0 Å². The molecule has 2 rings (SSSR count). The summed E-state index contributed by atoms with van der Waals surface area (Å²) in [6.45, 7) is 0. The second-order valence-electron chi connectivity index (χ2n) is 3.70. The van der Waals surface area contributed by atoms with E-state index in [4.69, 9.17) is 22.9 Å². The fourth-order valence-corrected chi connectivity index (χ4v) is 2.51. The minimum Gasteiger partial charge on any atom is -0.399 e. The van der Waals surface area contributed by atoms with Crippen LogP contribution in [0.15, 0.2) is 46.2 Å². The quantitative estimate of drug-likeness (QED) is 0.608. The van der Waals surface area contributed by atoms with Crippen molar-refractivity contribution in [1.29, 1.82) is 0 Å². The monoisotopic (exact) mass is 246 g/mol. The average Bonchev–Trinajstić information content (AvgIpc) is 2.22. The van der Waals surface area contributed by atoms with Crippen molar-refractivity contribution in [2.75, 3.05) is 22.9 Å². The fourth-order valence-electron chi connectivity index (χ4n) is 1.51. The van der Waals surface area contributed by atoms with Crippen LogP contribution < -0.4 is 22.9 Å². The van der Waals surface area contributed by atoms with E-state index in [1.165, 1.54) is 11.8 Å². The van der Waals surface area contributed by atoms with Crippen molar-refractivity contribution < 1.29 is 0 Å². The lowest BCUT2D eigenvalue weighted by Crippen LogP contribution is -1.95. The average molecular weight is 246 g/mol. The smallest absolute Gasteiger partial charge is 0.0581 e. The van der Waals surface area contributed by atoms with Crippen molar-refractivity contribution in [1.82, 2.24) is 0 Å². The maximum atomic E-state index is 5.88. The second-order valence-corrected chi connectivity index (χ2v) is 4.79. The predicted molar refractivity (Wildman–Crippen MR) is 74.7 cm³/mol. The van der Waals surface area contributed by atoms with Crippen LogP contribution in [0.4, 0.5) is 22.7 Å². The van der Waals surface area contributed by atoms with Crippen LogP contribution in [0.3, 0.4) is 0 Å². The first kappa shape index (κ1) is 11.5. The second kappa shape index (κ2) is 4.47. The summed E-state index contributed by atoms with van der Waals surface area (Å²) >= 11 is 1.46. The SMILES string of the molecule is Nc1cc(N)cc(Sc2c(N)cccc2N)c1. The molecule has 2 aromatic rings. The molecule has 0 aromatic heterocycles. The van der Waals surface area contributed by atoms with E-state index in [1.807, 2.05) is 30.3 Å².